The monoisotopic (exact) mass is 238 g/mol. The first kappa shape index (κ1) is 11.7. The summed E-state index contributed by atoms with van der Waals surface area (Å²) >= 11 is 0. The molecule has 92 valence electrons. The van der Waals surface area contributed by atoms with Crippen molar-refractivity contribution in [3.05, 3.63) is 17.5 Å². The normalized spacial score (nSPS) is 16.8. The van der Waals surface area contributed by atoms with Crippen LogP contribution in [0.25, 0.3) is 0 Å². The Balaban J connectivity index is 2.06. The summed E-state index contributed by atoms with van der Waals surface area (Å²) in [5, 5.41) is 10.8. The van der Waals surface area contributed by atoms with Gasteiger partial charge in [-0.05, 0) is 6.92 Å². The summed E-state index contributed by atoms with van der Waals surface area (Å²) in [7, 11) is 0. The number of carboxylic acid groups (broad SMARTS) is 1. The van der Waals surface area contributed by atoms with Gasteiger partial charge in [0.05, 0.1) is 24.5 Å². The van der Waals surface area contributed by atoms with Crippen LogP contribution in [0.1, 0.15) is 16.1 Å². The summed E-state index contributed by atoms with van der Waals surface area (Å²) in [6.45, 7) is 4.49. The number of morpholine rings is 1. The molecule has 0 aromatic carbocycles. The lowest BCUT2D eigenvalue weighted by Gasteiger charge is -2.26. The molecule has 1 aliphatic heterocycles. The Hall–Kier alpha value is -1.73. The van der Waals surface area contributed by atoms with Crippen molar-refractivity contribution >= 4 is 11.9 Å². The number of carbonyl (C=O) groups is 1. The Labute approximate surface area is 98.4 Å². The maximum Gasteiger partial charge on any atom is 0.339 e. The SMILES string of the molecule is Cc1nc(NN2CCOCC2)ncc1C(=O)O. The summed E-state index contributed by atoms with van der Waals surface area (Å²) in [6.07, 6.45) is 1.31. The molecule has 0 saturated carbocycles. The number of hydrazine groups is 1. The maximum atomic E-state index is 10.8. The molecule has 7 heteroatoms. The molecular formula is C10H14N4O3. The quantitative estimate of drug-likeness (QED) is 0.774. The van der Waals surface area contributed by atoms with Crippen LogP contribution in [-0.4, -0.2) is 52.4 Å². The van der Waals surface area contributed by atoms with E-state index in [4.69, 9.17) is 9.84 Å². The fourth-order valence-corrected chi connectivity index (χ4v) is 1.55. The maximum absolute atomic E-state index is 10.8. The van der Waals surface area contributed by atoms with Crippen LogP contribution in [0.5, 0.6) is 0 Å². The molecule has 0 radical (unpaired) electrons. The number of rotatable bonds is 3. The van der Waals surface area contributed by atoms with E-state index in [0.717, 1.165) is 13.1 Å². The van der Waals surface area contributed by atoms with E-state index < -0.39 is 5.97 Å². The highest BCUT2D eigenvalue weighted by atomic mass is 16.5. The number of aromatic nitrogens is 2. The minimum absolute atomic E-state index is 0.123. The Morgan fingerprint density at radius 2 is 2.24 bits per heavy atom. The lowest BCUT2D eigenvalue weighted by Crippen LogP contribution is -2.40. The second kappa shape index (κ2) is 5.07. The number of ether oxygens (including phenoxy) is 1. The third-order valence-electron chi connectivity index (χ3n) is 2.48. The van der Waals surface area contributed by atoms with Gasteiger partial charge < -0.3 is 9.84 Å². The van der Waals surface area contributed by atoms with Crippen molar-refractivity contribution < 1.29 is 14.6 Å². The highest BCUT2D eigenvalue weighted by Crippen LogP contribution is 2.08. The number of nitrogens with zero attached hydrogens (tertiary/aromatic N) is 3. The van der Waals surface area contributed by atoms with Crippen LogP contribution in [0.15, 0.2) is 6.20 Å². The number of anilines is 1. The predicted molar refractivity (Wildman–Crippen MR) is 59.7 cm³/mol. The van der Waals surface area contributed by atoms with Gasteiger partial charge in [-0.2, -0.15) is 0 Å². The summed E-state index contributed by atoms with van der Waals surface area (Å²) in [5.74, 6) is -0.602. The molecule has 1 aliphatic rings. The second-order valence-corrected chi connectivity index (χ2v) is 3.71. The molecule has 2 heterocycles. The fourth-order valence-electron chi connectivity index (χ4n) is 1.55. The van der Waals surface area contributed by atoms with Gasteiger partial charge in [0.25, 0.3) is 0 Å². The number of aryl methyl sites for hydroxylation is 1. The van der Waals surface area contributed by atoms with Gasteiger partial charge in [-0.3, -0.25) is 5.43 Å². The van der Waals surface area contributed by atoms with E-state index in [-0.39, 0.29) is 5.56 Å². The highest BCUT2D eigenvalue weighted by molar-refractivity contribution is 5.88. The van der Waals surface area contributed by atoms with Crippen molar-refractivity contribution in [2.24, 2.45) is 0 Å². The fraction of sp³-hybridized carbons (Fsp3) is 0.500. The number of carboxylic acids is 1. The van der Waals surface area contributed by atoms with Gasteiger partial charge in [0.2, 0.25) is 5.95 Å². The van der Waals surface area contributed by atoms with E-state index in [1.165, 1.54) is 6.20 Å². The average molecular weight is 238 g/mol. The van der Waals surface area contributed by atoms with Crippen LogP contribution in [0, 0.1) is 6.92 Å². The molecule has 0 aliphatic carbocycles. The first-order valence-electron chi connectivity index (χ1n) is 5.33. The number of nitrogens with one attached hydrogen (secondary N) is 1. The van der Waals surface area contributed by atoms with Gasteiger partial charge in [0.15, 0.2) is 0 Å². The minimum Gasteiger partial charge on any atom is -0.478 e. The average Bonchev–Trinajstić information content (AvgIpc) is 2.30. The van der Waals surface area contributed by atoms with E-state index >= 15 is 0 Å². The zero-order chi connectivity index (χ0) is 12.3. The van der Waals surface area contributed by atoms with Crippen LogP contribution < -0.4 is 5.43 Å². The topological polar surface area (TPSA) is 87.6 Å². The third-order valence-corrected chi connectivity index (χ3v) is 2.48. The van der Waals surface area contributed by atoms with Crippen molar-refractivity contribution in [2.75, 3.05) is 31.7 Å². The predicted octanol–water partition coefficient (Wildman–Crippen LogP) is 0.142. The molecule has 1 aromatic heterocycles. The molecular weight excluding hydrogens is 224 g/mol. The molecule has 2 rings (SSSR count). The van der Waals surface area contributed by atoms with Crippen LogP contribution in [0.3, 0.4) is 0 Å². The van der Waals surface area contributed by atoms with Crippen LogP contribution in [-0.2, 0) is 4.74 Å². The van der Waals surface area contributed by atoms with Crippen LogP contribution in [0.4, 0.5) is 5.95 Å². The molecule has 17 heavy (non-hydrogen) atoms. The van der Waals surface area contributed by atoms with E-state index in [0.29, 0.717) is 24.9 Å². The Morgan fingerprint density at radius 3 is 2.82 bits per heavy atom. The first-order valence-corrected chi connectivity index (χ1v) is 5.33. The molecule has 7 nitrogen and oxygen atoms in total. The molecule has 0 atom stereocenters. The smallest absolute Gasteiger partial charge is 0.339 e. The molecule has 1 saturated heterocycles. The molecule has 0 unspecified atom stereocenters. The first-order chi connectivity index (χ1) is 8.16. The van der Waals surface area contributed by atoms with Gasteiger partial charge in [-0.25, -0.2) is 19.8 Å². The summed E-state index contributed by atoms with van der Waals surface area (Å²) < 4.78 is 5.21. The van der Waals surface area contributed by atoms with E-state index in [1.54, 1.807) is 6.92 Å². The van der Waals surface area contributed by atoms with Gasteiger partial charge in [0.1, 0.15) is 0 Å². The zero-order valence-electron chi connectivity index (χ0n) is 9.51. The summed E-state index contributed by atoms with van der Waals surface area (Å²) in [5.41, 5.74) is 3.60. The van der Waals surface area contributed by atoms with Crippen molar-refractivity contribution in [1.29, 1.82) is 0 Å². The lowest BCUT2D eigenvalue weighted by molar-refractivity contribution is 0.0492. The minimum atomic E-state index is -1.01. The van der Waals surface area contributed by atoms with Crippen LogP contribution >= 0.6 is 0 Å². The Morgan fingerprint density at radius 1 is 1.53 bits per heavy atom. The summed E-state index contributed by atoms with van der Waals surface area (Å²) in [4.78, 5) is 18.9. The molecule has 0 spiro atoms. The van der Waals surface area contributed by atoms with Crippen molar-refractivity contribution in [3.63, 3.8) is 0 Å². The van der Waals surface area contributed by atoms with Gasteiger partial charge >= 0.3 is 5.97 Å². The standard InChI is InChI=1S/C10H14N4O3/c1-7-8(9(15)16)6-11-10(12-7)13-14-2-4-17-5-3-14/h6H,2-5H2,1H3,(H,15,16)(H,11,12,13). The number of aromatic carboxylic acids is 1. The Bertz CT molecular complexity index is 418. The number of hydrogen-bond acceptors (Lipinski definition) is 6. The molecule has 2 N–H and O–H groups in total. The third kappa shape index (κ3) is 2.89. The summed E-state index contributed by atoms with van der Waals surface area (Å²) in [6, 6.07) is 0. The van der Waals surface area contributed by atoms with E-state index in [1.807, 2.05) is 5.01 Å². The Kier molecular flexibility index (Phi) is 3.50. The van der Waals surface area contributed by atoms with Gasteiger partial charge in [-0.15, -0.1) is 0 Å². The zero-order valence-corrected chi connectivity index (χ0v) is 9.51. The van der Waals surface area contributed by atoms with Crippen molar-refractivity contribution in [2.45, 2.75) is 6.92 Å². The number of hydrogen-bond donors (Lipinski definition) is 2. The van der Waals surface area contributed by atoms with Gasteiger partial charge in [0, 0.05) is 19.3 Å². The molecule has 0 amide bonds. The van der Waals surface area contributed by atoms with Crippen molar-refractivity contribution in [1.82, 2.24) is 15.0 Å². The lowest BCUT2D eigenvalue weighted by atomic mass is 10.2. The van der Waals surface area contributed by atoms with E-state index in [9.17, 15) is 4.79 Å². The van der Waals surface area contributed by atoms with Crippen molar-refractivity contribution in [3.8, 4) is 0 Å². The second-order valence-electron chi connectivity index (χ2n) is 3.71. The van der Waals surface area contributed by atoms with Crippen LogP contribution in [0.2, 0.25) is 0 Å². The largest absolute Gasteiger partial charge is 0.478 e. The molecule has 1 fully saturated rings. The van der Waals surface area contributed by atoms with E-state index in [2.05, 4.69) is 15.4 Å². The highest BCUT2D eigenvalue weighted by Gasteiger charge is 2.13. The molecule has 1 aromatic rings. The van der Waals surface area contributed by atoms with Gasteiger partial charge in [-0.1, -0.05) is 0 Å². The molecule has 0 bridgehead atoms.